The van der Waals surface area contributed by atoms with Gasteiger partial charge in [0, 0.05) is 25.5 Å². The minimum Gasteiger partial charge on any atom is -0.369 e. The first-order valence-corrected chi connectivity index (χ1v) is 7.04. The number of anilines is 1. The molecule has 0 aliphatic rings. The third-order valence-electron chi connectivity index (χ3n) is 2.67. The Balaban J connectivity index is 2.48. The lowest BCUT2D eigenvalue weighted by molar-refractivity contribution is 0.684. The smallest absolute Gasteiger partial charge is 0.160 e. The molecule has 0 aliphatic heterocycles. The van der Waals surface area contributed by atoms with Crippen LogP contribution >= 0.6 is 23.2 Å². The first-order valence-electron chi connectivity index (χ1n) is 6.28. The number of halogens is 2. The molecule has 0 aromatic carbocycles. The molecule has 2 rings (SSSR count). The van der Waals surface area contributed by atoms with Gasteiger partial charge in [-0.3, -0.25) is 0 Å². The normalized spacial score (nSPS) is 10.7. The minimum absolute atomic E-state index is 0.509. The van der Waals surface area contributed by atoms with Gasteiger partial charge in [0.15, 0.2) is 5.82 Å². The number of imidazole rings is 1. The van der Waals surface area contributed by atoms with Gasteiger partial charge < -0.3 is 9.88 Å². The molecule has 0 saturated heterocycles. The summed E-state index contributed by atoms with van der Waals surface area (Å²) < 4.78 is 2.04. The molecule has 19 heavy (non-hydrogen) atoms. The Labute approximate surface area is 122 Å². The predicted molar refractivity (Wildman–Crippen MR) is 79.9 cm³/mol. The topological polar surface area (TPSA) is 42.7 Å². The van der Waals surface area contributed by atoms with E-state index in [1.807, 2.05) is 17.7 Å². The van der Waals surface area contributed by atoms with E-state index in [4.69, 9.17) is 23.2 Å². The number of hydrogen-bond acceptors (Lipinski definition) is 3. The van der Waals surface area contributed by atoms with Crippen molar-refractivity contribution < 1.29 is 0 Å². The van der Waals surface area contributed by atoms with E-state index in [0.29, 0.717) is 21.6 Å². The van der Waals surface area contributed by atoms with Gasteiger partial charge in [-0.05, 0) is 19.4 Å². The second kappa shape index (κ2) is 6.26. The maximum absolute atomic E-state index is 6.24. The standard InChI is InChI=1S/C13H16Cl2N4/c1-3-6-19-7-5-17-13(19)11-9(14)8-10(15)12(18-11)16-4-2/h5,7-8H,3-4,6H2,1-2H3,(H,16,18). The van der Waals surface area contributed by atoms with Crippen LogP contribution in [0.4, 0.5) is 5.82 Å². The van der Waals surface area contributed by atoms with Crippen molar-refractivity contribution in [1.82, 2.24) is 14.5 Å². The highest BCUT2D eigenvalue weighted by Gasteiger charge is 2.14. The average Bonchev–Trinajstić information content (AvgIpc) is 2.81. The van der Waals surface area contributed by atoms with Crippen molar-refractivity contribution in [1.29, 1.82) is 0 Å². The van der Waals surface area contributed by atoms with Crippen molar-refractivity contribution in [2.45, 2.75) is 26.8 Å². The van der Waals surface area contributed by atoms with E-state index < -0.39 is 0 Å². The monoisotopic (exact) mass is 298 g/mol. The van der Waals surface area contributed by atoms with Crippen LogP contribution in [0.3, 0.4) is 0 Å². The zero-order valence-electron chi connectivity index (χ0n) is 11.0. The maximum Gasteiger partial charge on any atom is 0.160 e. The van der Waals surface area contributed by atoms with E-state index in [0.717, 1.165) is 25.3 Å². The molecule has 0 bridgehead atoms. The molecule has 6 heteroatoms. The molecule has 0 spiro atoms. The number of rotatable bonds is 5. The molecule has 0 amide bonds. The Hall–Kier alpha value is -1.26. The Kier molecular flexibility index (Phi) is 4.66. The summed E-state index contributed by atoms with van der Waals surface area (Å²) >= 11 is 12.3. The lowest BCUT2D eigenvalue weighted by Crippen LogP contribution is -2.04. The number of nitrogens with zero attached hydrogens (tertiary/aromatic N) is 3. The van der Waals surface area contributed by atoms with Crippen LogP contribution in [0.5, 0.6) is 0 Å². The molecule has 0 unspecified atom stereocenters. The van der Waals surface area contributed by atoms with Crippen LogP contribution in [0.2, 0.25) is 10.0 Å². The summed E-state index contributed by atoms with van der Waals surface area (Å²) in [5.74, 6) is 1.40. The van der Waals surface area contributed by atoms with Crippen LogP contribution in [0.25, 0.3) is 11.5 Å². The Bertz CT molecular complexity index is 566. The van der Waals surface area contributed by atoms with E-state index in [1.165, 1.54) is 0 Å². The Morgan fingerprint density at radius 2 is 2.05 bits per heavy atom. The number of hydrogen-bond donors (Lipinski definition) is 1. The van der Waals surface area contributed by atoms with Crippen molar-refractivity contribution in [3.63, 3.8) is 0 Å². The SMILES string of the molecule is CCCn1ccnc1-c1nc(NCC)c(Cl)cc1Cl. The fraction of sp³-hybridized carbons (Fsp3) is 0.385. The zero-order chi connectivity index (χ0) is 13.8. The number of pyridine rings is 1. The lowest BCUT2D eigenvalue weighted by atomic mass is 10.3. The van der Waals surface area contributed by atoms with E-state index in [2.05, 4.69) is 22.2 Å². The van der Waals surface area contributed by atoms with Gasteiger partial charge in [0.25, 0.3) is 0 Å². The molecule has 0 fully saturated rings. The molecule has 0 aliphatic carbocycles. The van der Waals surface area contributed by atoms with Gasteiger partial charge in [-0.25, -0.2) is 9.97 Å². The summed E-state index contributed by atoms with van der Waals surface area (Å²) in [4.78, 5) is 8.83. The molecule has 1 N–H and O–H groups in total. The molecule has 4 nitrogen and oxygen atoms in total. The van der Waals surface area contributed by atoms with E-state index in [-0.39, 0.29) is 0 Å². The van der Waals surface area contributed by atoms with Gasteiger partial charge in [-0.1, -0.05) is 30.1 Å². The van der Waals surface area contributed by atoms with Gasteiger partial charge in [0.05, 0.1) is 10.0 Å². The van der Waals surface area contributed by atoms with Crippen LogP contribution in [-0.2, 0) is 6.54 Å². The summed E-state index contributed by atoms with van der Waals surface area (Å²) in [7, 11) is 0. The summed E-state index contributed by atoms with van der Waals surface area (Å²) in [5, 5.41) is 4.15. The number of aromatic nitrogens is 3. The van der Waals surface area contributed by atoms with Gasteiger partial charge in [-0.15, -0.1) is 0 Å². The van der Waals surface area contributed by atoms with Crippen molar-refractivity contribution in [2.75, 3.05) is 11.9 Å². The quantitative estimate of drug-likeness (QED) is 0.904. The molecule has 0 saturated carbocycles. The lowest BCUT2D eigenvalue weighted by Gasteiger charge is -2.11. The summed E-state index contributed by atoms with van der Waals surface area (Å²) in [6.45, 7) is 5.73. The van der Waals surface area contributed by atoms with Crippen LogP contribution < -0.4 is 5.32 Å². The molecule has 2 heterocycles. The highest BCUT2D eigenvalue weighted by atomic mass is 35.5. The second-order valence-corrected chi connectivity index (χ2v) is 4.94. The fourth-order valence-electron chi connectivity index (χ4n) is 1.86. The third-order valence-corrected chi connectivity index (χ3v) is 3.24. The van der Waals surface area contributed by atoms with E-state index in [1.54, 1.807) is 12.3 Å². The minimum atomic E-state index is 0.509. The molecular formula is C13H16Cl2N4. The Morgan fingerprint density at radius 1 is 1.26 bits per heavy atom. The van der Waals surface area contributed by atoms with Gasteiger partial charge in [0.2, 0.25) is 0 Å². The molecule has 0 atom stereocenters. The maximum atomic E-state index is 6.24. The van der Waals surface area contributed by atoms with Crippen molar-refractivity contribution >= 4 is 29.0 Å². The van der Waals surface area contributed by atoms with E-state index >= 15 is 0 Å². The van der Waals surface area contributed by atoms with E-state index in [9.17, 15) is 0 Å². The van der Waals surface area contributed by atoms with Crippen LogP contribution in [0.15, 0.2) is 18.5 Å². The molecule has 2 aromatic rings. The van der Waals surface area contributed by atoms with Crippen molar-refractivity contribution in [2.24, 2.45) is 0 Å². The summed E-state index contributed by atoms with van der Waals surface area (Å²) in [5.41, 5.74) is 0.653. The molecule has 2 aromatic heterocycles. The third kappa shape index (κ3) is 3.01. The largest absolute Gasteiger partial charge is 0.369 e. The molecule has 0 radical (unpaired) electrons. The Morgan fingerprint density at radius 3 is 2.74 bits per heavy atom. The molecular weight excluding hydrogens is 283 g/mol. The first kappa shape index (κ1) is 14.2. The fourth-order valence-corrected chi connectivity index (χ4v) is 2.37. The van der Waals surface area contributed by atoms with Crippen molar-refractivity contribution in [3.8, 4) is 11.5 Å². The second-order valence-electron chi connectivity index (χ2n) is 4.12. The van der Waals surface area contributed by atoms with Crippen LogP contribution in [0, 0.1) is 0 Å². The average molecular weight is 299 g/mol. The summed E-state index contributed by atoms with van der Waals surface area (Å²) in [6, 6.07) is 1.70. The van der Waals surface area contributed by atoms with Crippen LogP contribution in [0.1, 0.15) is 20.3 Å². The zero-order valence-corrected chi connectivity index (χ0v) is 12.5. The number of nitrogens with one attached hydrogen (secondary N) is 1. The van der Waals surface area contributed by atoms with Gasteiger partial charge in [0.1, 0.15) is 11.5 Å². The number of aryl methyl sites for hydroxylation is 1. The van der Waals surface area contributed by atoms with Crippen molar-refractivity contribution in [3.05, 3.63) is 28.5 Å². The van der Waals surface area contributed by atoms with Gasteiger partial charge in [-0.2, -0.15) is 0 Å². The first-order chi connectivity index (χ1) is 9.17. The molecule has 102 valence electrons. The predicted octanol–water partition coefficient (Wildman–Crippen LogP) is 4.09. The highest BCUT2D eigenvalue weighted by Crippen LogP contribution is 2.31. The highest BCUT2D eigenvalue weighted by molar-refractivity contribution is 6.37. The van der Waals surface area contributed by atoms with Gasteiger partial charge >= 0.3 is 0 Å². The van der Waals surface area contributed by atoms with Crippen LogP contribution in [-0.4, -0.2) is 21.1 Å². The summed E-state index contributed by atoms with van der Waals surface area (Å²) in [6.07, 6.45) is 4.71.